The van der Waals surface area contributed by atoms with Gasteiger partial charge in [-0.25, -0.2) is 4.98 Å². The lowest BCUT2D eigenvalue weighted by atomic mass is 10.1. The van der Waals surface area contributed by atoms with Gasteiger partial charge < -0.3 is 15.5 Å². The van der Waals surface area contributed by atoms with Gasteiger partial charge in [0.2, 0.25) is 0 Å². The van der Waals surface area contributed by atoms with Crippen molar-refractivity contribution in [1.82, 2.24) is 15.2 Å². The minimum atomic E-state index is -0.366. The molecule has 1 amide bonds. The second-order valence-corrected chi connectivity index (χ2v) is 9.91. The van der Waals surface area contributed by atoms with E-state index >= 15 is 0 Å². The van der Waals surface area contributed by atoms with Crippen LogP contribution in [0, 0.1) is 12.3 Å². The van der Waals surface area contributed by atoms with Gasteiger partial charge in [-0.05, 0) is 76.6 Å². The minimum absolute atomic E-state index is 0.224. The lowest BCUT2D eigenvalue weighted by molar-refractivity contribution is -0.112. The number of aldehydes is 1. The summed E-state index contributed by atoms with van der Waals surface area (Å²) < 4.78 is 0. The van der Waals surface area contributed by atoms with Gasteiger partial charge in [0.1, 0.15) is 17.9 Å². The van der Waals surface area contributed by atoms with Crippen LogP contribution in [0.1, 0.15) is 59.4 Å². The van der Waals surface area contributed by atoms with Gasteiger partial charge in [-0.2, -0.15) is 0 Å². The summed E-state index contributed by atoms with van der Waals surface area (Å²) in [5, 5.41) is 14.5. The van der Waals surface area contributed by atoms with Gasteiger partial charge in [0, 0.05) is 40.5 Å². The lowest BCUT2D eigenvalue weighted by Gasteiger charge is -2.25. The Morgan fingerprint density at radius 1 is 1.12 bits per heavy atom. The summed E-state index contributed by atoms with van der Waals surface area (Å²) in [6, 6.07) is 3.57. The molecule has 1 aromatic heterocycles. The van der Waals surface area contributed by atoms with Crippen molar-refractivity contribution >= 4 is 47.0 Å². The molecule has 0 unspecified atom stereocenters. The topological polar surface area (TPSA) is 98.2 Å². The van der Waals surface area contributed by atoms with E-state index in [1.54, 1.807) is 25.3 Å². The fraction of sp³-hybridized carbons (Fsp3) is 0.394. The second kappa shape index (κ2) is 25.5. The van der Waals surface area contributed by atoms with Crippen LogP contribution in [0.2, 0.25) is 0 Å². The average molecular weight is 619 g/mol. The molecule has 0 fully saturated rings. The first-order chi connectivity index (χ1) is 20.0. The van der Waals surface area contributed by atoms with Crippen molar-refractivity contribution in [2.45, 2.75) is 60.8 Å². The number of carbonyl (C=O) groups excluding carboxylic acids is 2. The highest BCUT2D eigenvalue weighted by Crippen LogP contribution is 2.15. The standard InChI is InChI=1S/C15H22N2O.C14H14Cl2N2O.C2H7N.C2H6/c1-3-10-17(11-4-2)15(16)14-7-5-6-13(12-18)8-9-14;1-9-4-5-13(17-8-9)18-14(19)10(2)6-12(16)7-11(3)15;1-3-2;1-2/h5-6,8-9,12,16H,3-4,7,10-11H2,1-2H3;4-8H,2H2,1,3H3,(H,17,18,19);3H,1-2H3;1-2H3/b;11-7+,12-6+;;. The number of nitrogens with one attached hydrogen (secondary N) is 3. The first-order valence-corrected chi connectivity index (χ1v) is 14.9. The monoisotopic (exact) mass is 617 g/mol. The third kappa shape index (κ3) is 19.0. The van der Waals surface area contributed by atoms with Gasteiger partial charge >= 0.3 is 0 Å². The molecule has 0 aromatic carbocycles. The molecule has 2 rings (SSSR count). The molecular formula is C33H49Cl2N5O2. The van der Waals surface area contributed by atoms with Crippen LogP contribution in [-0.4, -0.2) is 55.1 Å². The van der Waals surface area contributed by atoms with Crippen molar-refractivity contribution in [3.8, 4) is 0 Å². The SMILES string of the molecule is C=C(/C=C(Cl)\C=C(/C)Cl)C(=O)Nc1ccc(C)cn1.CC.CCCN(CCC)C(=N)C1=CC=C(C=O)C=CC1.CNC. The zero-order chi connectivity index (χ0) is 32.5. The second-order valence-electron chi connectivity index (χ2n) is 8.88. The normalized spacial score (nSPS) is 12.3. The molecule has 3 N–H and O–H groups in total. The first-order valence-electron chi connectivity index (χ1n) is 14.1. The molecule has 1 heterocycles. The van der Waals surface area contributed by atoms with Gasteiger partial charge in [-0.15, -0.1) is 0 Å². The Balaban J connectivity index is 0. The zero-order valence-corrected chi connectivity index (χ0v) is 28.0. The van der Waals surface area contributed by atoms with Crippen LogP contribution in [0.25, 0.3) is 0 Å². The van der Waals surface area contributed by atoms with Crippen molar-refractivity contribution < 1.29 is 9.59 Å². The summed E-state index contributed by atoms with van der Waals surface area (Å²) in [5.74, 6) is 0.687. The average Bonchev–Trinajstić information content (AvgIpc) is 3.21. The Kier molecular flexibility index (Phi) is 24.8. The molecule has 0 bridgehead atoms. The van der Waals surface area contributed by atoms with Crippen LogP contribution in [0.3, 0.4) is 0 Å². The van der Waals surface area contributed by atoms with Crippen LogP contribution in [0.5, 0.6) is 0 Å². The van der Waals surface area contributed by atoms with Gasteiger partial charge in [0.05, 0.1) is 0 Å². The quantitative estimate of drug-likeness (QED) is 0.0809. The number of amidine groups is 1. The van der Waals surface area contributed by atoms with Crippen LogP contribution < -0.4 is 10.6 Å². The number of rotatable bonds is 10. The van der Waals surface area contributed by atoms with Crippen molar-refractivity contribution in [3.63, 3.8) is 0 Å². The summed E-state index contributed by atoms with van der Waals surface area (Å²) in [6.07, 6.45) is 15.7. The summed E-state index contributed by atoms with van der Waals surface area (Å²) >= 11 is 11.6. The maximum Gasteiger partial charge on any atom is 0.256 e. The number of carbonyl (C=O) groups is 2. The zero-order valence-electron chi connectivity index (χ0n) is 26.5. The van der Waals surface area contributed by atoms with E-state index in [4.69, 9.17) is 28.6 Å². The lowest BCUT2D eigenvalue weighted by Crippen LogP contribution is -2.33. The van der Waals surface area contributed by atoms with Gasteiger partial charge in [0.25, 0.3) is 5.91 Å². The number of nitrogens with zero attached hydrogens (tertiary/aromatic N) is 2. The van der Waals surface area contributed by atoms with Crippen molar-refractivity contribution in [2.75, 3.05) is 32.5 Å². The molecule has 0 radical (unpaired) electrons. The molecule has 1 aliphatic rings. The Morgan fingerprint density at radius 3 is 2.19 bits per heavy atom. The molecule has 0 spiro atoms. The number of hydrogen-bond acceptors (Lipinski definition) is 5. The number of aryl methyl sites for hydroxylation is 1. The Labute approximate surface area is 263 Å². The molecule has 0 saturated heterocycles. The highest BCUT2D eigenvalue weighted by atomic mass is 35.5. The van der Waals surface area contributed by atoms with Gasteiger partial charge in [-0.1, -0.05) is 87.8 Å². The Hall–Kier alpha value is -3.26. The fourth-order valence-corrected chi connectivity index (χ4v) is 3.65. The minimum Gasteiger partial charge on any atom is -0.357 e. The predicted molar refractivity (Wildman–Crippen MR) is 182 cm³/mol. The maximum absolute atomic E-state index is 11.8. The molecule has 1 aromatic rings. The van der Waals surface area contributed by atoms with E-state index in [0.29, 0.717) is 27.3 Å². The number of amides is 1. The highest BCUT2D eigenvalue weighted by Gasteiger charge is 2.12. The third-order valence-corrected chi connectivity index (χ3v) is 5.29. The number of aromatic nitrogens is 1. The smallest absolute Gasteiger partial charge is 0.256 e. The van der Waals surface area contributed by atoms with Crippen molar-refractivity contribution in [3.05, 3.63) is 93.7 Å². The van der Waals surface area contributed by atoms with E-state index in [1.165, 1.54) is 12.2 Å². The molecule has 42 heavy (non-hydrogen) atoms. The third-order valence-electron chi connectivity index (χ3n) is 4.96. The molecule has 0 aliphatic heterocycles. The van der Waals surface area contributed by atoms with E-state index in [-0.39, 0.29) is 11.5 Å². The van der Waals surface area contributed by atoms with E-state index in [9.17, 15) is 9.59 Å². The largest absolute Gasteiger partial charge is 0.357 e. The summed E-state index contributed by atoms with van der Waals surface area (Å²) in [6.45, 7) is 17.3. The van der Waals surface area contributed by atoms with Crippen LogP contribution in [-0.2, 0) is 9.59 Å². The first kappa shape index (κ1) is 40.9. The molecule has 7 nitrogen and oxygen atoms in total. The van der Waals surface area contributed by atoms with Crippen LogP contribution in [0.4, 0.5) is 5.82 Å². The Morgan fingerprint density at radius 2 is 1.71 bits per heavy atom. The van der Waals surface area contributed by atoms with Gasteiger partial charge in [-0.3, -0.25) is 15.0 Å². The number of allylic oxidation sites excluding steroid dienone is 8. The molecular weight excluding hydrogens is 569 g/mol. The predicted octanol–water partition coefficient (Wildman–Crippen LogP) is 8.11. The Bertz CT molecular complexity index is 1120. The number of halogens is 2. The number of anilines is 1. The number of pyridine rings is 1. The maximum atomic E-state index is 11.8. The fourth-order valence-electron chi connectivity index (χ4n) is 3.18. The molecule has 1 aliphatic carbocycles. The number of hydrogen-bond donors (Lipinski definition) is 3. The van der Waals surface area contributed by atoms with E-state index < -0.39 is 0 Å². The summed E-state index contributed by atoms with van der Waals surface area (Å²) in [7, 11) is 3.75. The summed E-state index contributed by atoms with van der Waals surface area (Å²) in [4.78, 5) is 28.7. The highest BCUT2D eigenvalue weighted by molar-refractivity contribution is 6.34. The molecule has 232 valence electrons. The van der Waals surface area contributed by atoms with Crippen LogP contribution in [0.15, 0.2) is 88.1 Å². The van der Waals surface area contributed by atoms with Gasteiger partial charge in [0.15, 0.2) is 0 Å². The van der Waals surface area contributed by atoms with Crippen molar-refractivity contribution in [2.24, 2.45) is 0 Å². The van der Waals surface area contributed by atoms with E-state index in [0.717, 1.165) is 49.8 Å². The molecule has 9 heteroatoms. The van der Waals surface area contributed by atoms with E-state index in [1.807, 2.05) is 59.2 Å². The summed E-state index contributed by atoms with van der Waals surface area (Å²) in [5.41, 5.74) is 2.88. The molecule has 0 saturated carbocycles. The van der Waals surface area contributed by atoms with Crippen LogP contribution >= 0.6 is 23.2 Å². The van der Waals surface area contributed by atoms with E-state index in [2.05, 4.69) is 40.9 Å². The molecule has 0 atom stereocenters. The van der Waals surface area contributed by atoms with Crippen molar-refractivity contribution in [1.29, 1.82) is 5.41 Å².